The summed E-state index contributed by atoms with van der Waals surface area (Å²) in [5.41, 5.74) is 9.44. The molecule has 0 unspecified atom stereocenters. The van der Waals surface area contributed by atoms with Crippen LogP contribution in [0.3, 0.4) is 0 Å². The number of carbonyl (C=O) groups excluding carboxylic acids is 1. The van der Waals surface area contributed by atoms with Crippen LogP contribution in [-0.4, -0.2) is 26.3 Å². The highest BCUT2D eigenvalue weighted by Crippen LogP contribution is 2.19. The third-order valence-electron chi connectivity index (χ3n) is 4.02. The number of anilines is 1. The van der Waals surface area contributed by atoms with Crippen LogP contribution in [0.25, 0.3) is 10.9 Å². The van der Waals surface area contributed by atoms with Crippen LogP contribution < -0.4 is 21.7 Å². The number of hydrogen-bond donors (Lipinski definition) is 2. The van der Waals surface area contributed by atoms with Crippen LogP contribution in [0, 0.1) is 0 Å². The second-order valence-electron chi connectivity index (χ2n) is 5.93. The fourth-order valence-electron chi connectivity index (χ4n) is 2.66. The fraction of sp³-hybridized carbons (Fsp3) is 0.158. The van der Waals surface area contributed by atoms with E-state index in [0.29, 0.717) is 33.3 Å². The maximum absolute atomic E-state index is 12.7. The van der Waals surface area contributed by atoms with Gasteiger partial charge in [0.2, 0.25) is 5.91 Å². The number of thiocarbonyl (C=S) groups is 1. The number of benzene rings is 2. The van der Waals surface area contributed by atoms with E-state index in [2.05, 4.69) is 10.4 Å². The standard InChI is InChI=1S/C19H18ClN5O2S2/c1-2-24-17(27)14-5-3-4-6-15(14)22-19(24)29-11-16(26)23-25(18(21)28)13-9-7-12(20)8-10-13/h3-10H,2,11H2,1H3,(H2,21,28)(H,23,26). The first-order valence-electron chi connectivity index (χ1n) is 8.67. The molecule has 3 N–H and O–H groups in total. The van der Waals surface area contributed by atoms with Crippen LogP contribution >= 0.6 is 35.6 Å². The smallest absolute Gasteiger partial charge is 0.262 e. The van der Waals surface area contributed by atoms with Crippen molar-refractivity contribution in [2.45, 2.75) is 18.6 Å². The highest BCUT2D eigenvalue weighted by Gasteiger charge is 2.16. The summed E-state index contributed by atoms with van der Waals surface area (Å²) in [5.74, 6) is -0.319. The van der Waals surface area contributed by atoms with E-state index in [0.717, 1.165) is 0 Å². The lowest BCUT2D eigenvalue weighted by Gasteiger charge is -2.23. The zero-order valence-electron chi connectivity index (χ0n) is 15.5. The Labute approximate surface area is 181 Å². The lowest BCUT2D eigenvalue weighted by Crippen LogP contribution is -2.49. The molecule has 0 saturated heterocycles. The van der Waals surface area contributed by atoms with Gasteiger partial charge in [-0.2, -0.15) is 0 Å². The maximum Gasteiger partial charge on any atom is 0.262 e. The summed E-state index contributed by atoms with van der Waals surface area (Å²) < 4.78 is 1.55. The minimum atomic E-state index is -0.345. The SMILES string of the molecule is CCn1c(SCC(=O)NN(C(N)=S)c2ccc(Cl)cc2)nc2ccccc2c1=O. The van der Waals surface area contributed by atoms with Crippen molar-refractivity contribution in [2.24, 2.45) is 5.73 Å². The van der Waals surface area contributed by atoms with E-state index in [9.17, 15) is 9.59 Å². The molecule has 0 aliphatic carbocycles. The predicted molar refractivity (Wildman–Crippen MR) is 121 cm³/mol. The van der Waals surface area contributed by atoms with Crippen LogP contribution in [0.4, 0.5) is 5.69 Å². The van der Waals surface area contributed by atoms with Gasteiger partial charge in [-0.05, 0) is 55.5 Å². The summed E-state index contributed by atoms with van der Waals surface area (Å²) in [6, 6.07) is 13.8. The molecule has 29 heavy (non-hydrogen) atoms. The maximum atomic E-state index is 12.7. The monoisotopic (exact) mass is 447 g/mol. The topological polar surface area (TPSA) is 93.2 Å². The van der Waals surface area contributed by atoms with Gasteiger partial charge >= 0.3 is 0 Å². The average Bonchev–Trinajstić information content (AvgIpc) is 2.71. The van der Waals surface area contributed by atoms with Crippen molar-refractivity contribution in [3.63, 3.8) is 0 Å². The molecule has 1 aromatic heterocycles. The Balaban J connectivity index is 1.77. The van der Waals surface area contributed by atoms with Crippen molar-refractivity contribution in [3.8, 4) is 0 Å². The summed E-state index contributed by atoms with van der Waals surface area (Å²) in [6.07, 6.45) is 0. The Morgan fingerprint density at radius 1 is 1.28 bits per heavy atom. The van der Waals surface area contributed by atoms with Gasteiger partial charge in [0.05, 0.1) is 22.3 Å². The number of nitrogens with zero attached hydrogens (tertiary/aromatic N) is 3. The van der Waals surface area contributed by atoms with Crippen molar-refractivity contribution in [1.29, 1.82) is 0 Å². The number of rotatable bonds is 5. The first-order chi connectivity index (χ1) is 13.9. The largest absolute Gasteiger partial charge is 0.374 e. The van der Waals surface area contributed by atoms with Gasteiger partial charge < -0.3 is 5.73 Å². The lowest BCUT2D eigenvalue weighted by molar-refractivity contribution is -0.118. The normalized spacial score (nSPS) is 10.7. The Bertz CT molecular complexity index is 1120. The number of hydrogen-bond acceptors (Lipinski definition) is 5. The molecule has 0 aliphatic rings. The van der Waals surface area contributed by atoms with Crippen molar-refractivity contribution in [1.82, 2.24) is 15.0 Å². The molecule has 0 saturated carbocycles. The number of nitrogens with two attached hydrogens (primary N) is 1. The van der Waals surface area contributed by atoms with Crippen LogP contribution in [-0.2, 0) is 11.3 Å². The Hall–Kier alpha value is -2.62. The van der Waals surface area contributed by atoms with Crippen LogP contribution in [0.1, 0.15) is 6.92 Å². The van der Waals surface area contributed by atoms with Crippen molar-refractivity contribution in [2.75, 3.05) is 10.8 Å². The van der Waals surface area contributed by atoms with Crippen molar-refractivity contribution < 1.29 is 4.79 Å². The van der Waals surface area contributed by atoms with Crippen molar-refractivity contribution in [3.05, 3.63) is 63.9 Å². The van der Waals surface area contributed by atoms with E-state index in [1.54, 1.807) is 47.0 Å². The van der Waals surface area contributed by atoms with Gasteiger partial charge in [-0.1, -0.05) is 35.5 Å². The molecule has 0 spiro atoms. The molecular formula is C19H18ClN5O2S2. The number of para-hydroxylation sites is 1. The number of nitrogens with one attached hydrogen (secondary N) is 1. The number of aromatic nitrogens is 2. The Morgan fingerprint density at radius 2 is 1.97 bits per heavy atom. The number of hydrazine groups is 1. The molecule has 0 fully saturated rings. The second kappa shape index (κ2) is 9.25. The molecular weight excluding hydrogens is 430 g/mol. The number of thioether (sulfide) groups is 1. The van der Waals surface area contributed by atoms with Gasteiger partial charge in [-0.15, -0.1) is 0 Å². The van der Waals surface area contributed by atoms with Crippen LogP contribution in [0.5, 0.6) is 0 Å². The van der Waals surface area contributed by atoms with E-state index in [1.165, 1.54) is 16.8 Å². The first kappa shape index (κ1) is 21.1. The third-order valence-corrected chi connectivity index (χ3v) is 5.43. The molecule has 150 valence electrons. The first-order valence-corrected chi connectivity index (χ1v) is 10.4. The van der Waals surface area contributed by atoms with Crippen LogP contribution in [0.15, 0.2) is 58.5 Å². The molecule has 0 atom stereocenters. The molecule has 3 rings (SSSR count). The molecule has 3 aromatic rings. The predicted octanol–water partition coefficient (Wildman–Crippen LogP) is 2.94. The average molecular weight is 448 g/mol. The van der Waals surface area contributed by atoms with Gasteiger partial charge in [0.25, 0.3) is 5.56 Å². The number of halogens is 1. The summed E-state index contributed by atoms with van der Waals surface area (Å²) in [7, 11) is 0. The summed E-state index contributed by atoms with van der Waals surface area (Å²) in [6.45, 7) is 2.31. The van der Waals surface area contributed by atoms with E-state index in [1.807, 2.05) is 13.0 Å². The number of carbonyl (C=O) groups is 1. The molecule has 1 amide bonds. The Morgan fingerprint density at radius 3 is 2.62 bits per heavy atom. The quantitative estimate of drug-likeness (QED) is 0.269. The van der Waals surface area contributed by atoms with Gasteiger partial charge in [-0.3, -0.25) is 19.6 Å². The highest BCUT2D eigenvalue weighted by atomic mass is 35.5. The number of amides is 1. The summed E-state index contributed by atoms with van der Waals surface area (Å²) in [5, 5.41) is 2.86. The molecule has 1 heterocycles. The highest BCUT2D eigenvalue weighted by molar-refractivity contribution is 7.99. The van der Waals surface area contributed by atoms with E-state index in [4.69, 9.17) is 29.6 Å². The van der Waals surface area contributed by atoms with Gasteiger partial charge in [0.15, 0.2) is 10.3 Å². The molecule has 2 aromatic carbocycles. The minimum absolute atomic E-state index is 0.0139. The van der Waals surface area contributed by atoms with E-state index in [-0.39, 0.29) is 22.3 Å². The fourth-order valence-corrected chi connectivity index (χ4v) is 3.79. The van der Waals surface area contributed by atoms with E-state index >= 15 is 0 Å². The second-order valence-corrected chi connectivity index (χ2v) is 7.73. The molecule has 0 aliphatic heterocycles. The van der Waals surface area contributed by atoms with Gasteiger partial charge in [-0.25, -0.2) is 9.99 Å². The Kier molecular flexibility index (Phi) is 6.73. The van der Waals surface area contributed by atoms with Gasteiger partial charge in [0.1, 0.15) is 0 Å². The van der Waals surface area contributed by atoms with Gasteiger partial charge in [0, 0.05) is 11.6 Å². The lowest BCUT2D eigenvalue weighted by atomic mass is 10.2. The van der Waals surface area contributed by atoms with Crippen molar-refractivity contribution >= 4 is 63.2 Å². The summed E-state index contributed by atoms with van der Waals surface area (Å²) >= 11 is 12.1. The number of fused-ring (bicyclic) bond motifs is 1. The zero-order valence-corrected chi connectivity index (χ0v) is 17.9. The molecule has 0 bridgehead atoms. The zero-order chi connectivity index (χ0) is 21.0. The minimum Gasteiger partial charge on any atom is -0.374 e. The summed E-state index contributed by atoms with van der Waals surface area (Å²) in [4.78, 5) is 29.7. The van der Waals surface area contributed by atoms with E-state index < -0.39 is 0 Å². The molecule has 0 radical (unpaired) electrons. The molecule has 7 nitrogen and oxygen atoms in total. The molecule has 10 heteroatoms. The third kappa shape index (κ3) is 4.87. The van der Waals surface area contributed by atoms with Crippen LogP contribution in [0.2, 0.25) is 5.02 Å².